The molecule has 6 heterocycles. The van der Waals surface area contributed by atoms with Crippen molar-refractivity contribution in [2.45, 2.75) is 0 Å². The third-order valence-electron chi connectivity index (χ3n) is 16.7. The average molecular weight is 1160 g/mol. The molecule has 0 atom stereocenters. The second-order valence-corrected chi connectivity index (χ2v) is 23.3. The van der Waals surface area contributed by atoms with Crippen molar-refractivity contribution in [1.29, 1.82) is 0 Å². The summed E-state index contributed by atoms with van der Waals surface area (Å²) < 4.78 is 18.7. The summed E-state index contributed by atoms with van der Waals surface area (Å²) in [6.45, 7) is 0. The average Bonchev–Trinajstić information content (AvgIpc) is 1.93. The van der Waals surface area contributed by atoms with Crippen LogP contribution >= 0.6 is 23.1 Å². The lowest BCUT2D eigenvalue weighted by Gasteiger charge is -2.10. The van der Waals surface area contributed by atoms with E-state index in [0.29, 0.717) is 0 Å². The fourth-order valence-corrected chi connectivity index (χ4v) is 14.0. The van der Waals surface area contributed by atoms with E-state index in [1.54, 1.807) is 0 Å². The number of benzene rings is 12. The highest BCUT2D eigenvalue weighted by atomic mass is 32.1. The van der Waals surface area contributed by atoms with Gasteiger partial charge in [0.2, 0.25) is 0 Å². The first-order chi connectivity index (χ1) is 43.6. The molecule has 0 unspecified atom stereocenters. The molecule has 88 heavy (non-hydrogen) atoms. The highest BCUT2D eigenvalue weighted by molar-refractivity contribution is 7.09. The summed E-state index contributed by atoms with van der Waals surface area (Å²) in [4.78, 5) is 15.0. The summed E-state index contributed by atoms with van der Waals surface area (Å²) in [5.74, 6) is 2.37. The Hall–Kier alpha value is -11.4. The van der Waals surface area contributed by atoms with Crippen molar-refractivity contribution in [3.05, 3.63) is 297 Å². The van der Waals surface area contributed by atoms with E-state index in [1.165, 1.54) is 88.5 Å². The van der Waals surface area contributed by atoms with Crippen LogP contribution in [-0.4, -0.2) is 42.0 Å². The Morgan fingerprint density at radius 3 is 1.10 bits per heavy atom. The van der Waals surface area contributed by atoms with Crippen molar-refractivity contribution in [2.24, 2.45) is 0 Å². The van der Waals surface area contributed by atoms with E-state index in [-0.39, 0.29) is 0 Å². The van der Waals surface area contributed by atoms with Crippen LogP contribution in [0.5, 0.6) is 0 Å². The van der Waals surface area contributed by atoms with Gasteiger partial charge in [0.1, 0.15) is 15.8 Å². The maximum Gasteiger partial charge on any atom is 0.173 e. The largest absolute Gasteiger partial charge is 0.309 e. The Kier molecular flexibility index (Phi) is 12.4. The van der Waals surface area contributed by atoms with Crippen molar-refractivity contribution < 1.29 is 0 Å². The van der Waals surface area contributed by atoms with E-state index in [2.05, 4.69) is 303 Å². The van der Waals surface area contributed by atoms with Crippen molar-refractivity contribution in [1.82, 2.24) is 42.0 Å². The Bertz CT molecular complexity index is 5320. The number of imidazole rings is 1. The molecule has 18 aromatic rings. The summed E-state index contributed by atoms with van der Waals surface area (Å²) in [6, 6.07) is 104. The maximum absolute atomic E-state index is 5.05. The lowest BCUT2D eigenvalue weighted by atomic mass is 10.1. The minimum Gasteiger partial charge on any atom is -0.309 e. The first-order valence-corrected chi connectivity index (χ1v) is 30.8. The fourth-order valence-electron chi connectivity index (χ4n) is 12.7. The quantitative estimate of drug-likeness (QED) is 0.144. The summed E-state index contributed by atoms with van der Waals surface area (Å²) >= 11 is 2.86. The van der Waals surface area contributed by atoms with Crippen LogP contribution in [0, 0.1) is 0 Å². The molecule has 12 aromatic carbocycles. The summed E-state index contributed by atoms with van der Waals surface area (Å²) in [7, 11) is 0. The molecule has 0 radical (unpaired) electrons. The molecule has 18 rings (SSSR count). The van der Waals surface area contributed by atoms with Crippen LogP contribution in [-0.2, 0) is 0 Å². The molecule has 6 aromatic heterocycles. The Morgan fingerprint density at radius 2 is 0.591 bits per heavy atom. The van der Waals surface area contributed by atoms with E-state index in [4.69, 9.17) is 23.7 Å². The van der Waals surface area contributed by atoms with E-state index in [0.717, 1.165) is 89.1 Å². The van der Waals surface area contributed by atoms with Gasteiger partial charge >= 0.3 is 0 Å². The smallest absolute Gasteiger partial charge is 0.173 e. The normalized spacial score (nSPS) is 11.6. The number of nitrogens with zero attached hydrogens (tertiary/aromatic N) is 9. The van der Waals surface area contributed by atoms with Gasteiger partial charge < -0.3 is 13.7 Å². The summed E-state index contributed by atoms with van der Waals surface area (Å²) in [5.41, 5.74) is 18.7. The van der Waals surface area contributed by atoms with Gasteiger partial charge in [-0.1, -0.05) is 170 Å². The minimum atomic E-state index is 0.722. The molecular formula is C77H49N9S2. The third kappa shape index (κ3) is 8.70. The molecule has 0 bridgehead atoms. The molecule has 0 amide bonds. The van der Waals surface area contributed by atoms with Crippen LogP contribution in [0.25, 0.3) is 155 Å². The van der Waals surface area contributed by atoms with Crippen LogP contribution in [0.2, 0.25) is 0 Å². The molecule has 0 aliphatic rings. The van der Waals surface area contributed by atoms with Crippen LogP contribution < -0.4 is 0 Å². The number of aromatic nitrogens is 9. The second kappa shape index (κ2) is 21.3. The van der Waals surface area contributed by atoms with Crippen molar-refractivity contribution in [3.63, 3.8) is 0 Å². The van der Waals surface area contributed by atoms with Crippen LogP contribution in [0.4, 0.5) is 0 Å². The van der Waals surface area contributed by atoms with Gasteiger partial charge in [-0.05, 0) is 150 Å². The molecule has 9 nitrogen and oxygen atoms in total. The molecule has 0 saturated heterocycles. The minimum absolute atomic E-state index is 0.722. The highest BCUT2D eigenvalue weighted by Crippen LogP contribution is 2.38. The molecule has 0 N–H and O–H groups in total. The molecule has 11 heteroatoms. The Labute approximate surface area is 513 Å². The summed E-state index contributed by atoms with van der Waals surface area (Å²) in [6.07, 6.45) is 0. The predicted molar refractivity (Wildman–Crippen MR) is 365 cm³/mol. The molecule has 0 aliphatic carbocycles. The van der Waals surface area contributed by atoms with E-state index in [1.807, 2.05) is 12.1 Å². The first kappa shape index (κ1) is 51.1. The summed E-state index contributed by atoms with van der Waals surface area (Å²) in [5, 5.41) is 9.32. The third-order valence-corrected chi connectivity index (χ3v) is 18.2. The van der Waals surface area contributed by atoms with Crippen molar-refractivity contribution in [3.8, 4) is 78.1 Å². The molecule has 414 valence electrons. The Balaban J connectivity index is 0.000000137. The molecule has 0 aliphatic heterocycles. The van der Waals surface area contributed by atoms with Gasteiger partial charge in [0.05, 0.1) is 44.1 Å². The van der Waals surface area contributed by atoms with Gasteiger partial charge in [-0.2, -0.15) is 8.75 Å². The molecule has 0 fully saturated rings. The zero-order valence-electron chi connectivity index (χ0n) is 47.1. The first-order valence-electron chi connectivity index (χ1n) is 29.2. The second-order valence-electron chi connectivity index (χ2n) is 21.8. The van der Waals surface area contributed by atoms with E-state index < -0.39 is 0 Å². The highest BCUT2D eigenvalue weighted by Gasteiger charge is 2.20. The Morgan fingerprint density at radius 1 is 0.227 bits per heavy atom. The monoisotopic (exact) mass is 1160 g/mol. The lowest BCUT2D eigenvalue weighted by molar-refractivity contribution is 1.10. The SMILES string of the molecule is c1ccc(-n2c(-c3cccc(-c4nc(-c5cccc(-n6c7ccccc7c7ccccc76)c5)ns4)c3)nc3ccccc32)cc1.c1ccc2c(c1)c1ccccc1n2-c1ccc(-c2nsc(-c3ccc(-n4c5ccccc5c5ccccc54)cc3)n2)cc1. The lowest BCUT2D eigenvalue weighted by Crippen LogP contribution is -1.97. The zero-order valence-corrected chi connectivity index (χ0v) is 48.8. The molecule has 0 spiro atoms. The van der Waals surface area contributed by atoms with Gasteiger partial charge in [0.25, 0.3) is 0 Å². The van der Waals surface area contributed by atoms with Crippen molar-refractivity contribution in [2.75, 3.05) is 0 Å². The maximum atomic E-state index is 5.05. The standard InChI is InChI=1S/C39H25N5S.C38H24N4S/c1-2-15-29(16-3-1)44-36-23-9-6-20-33(36)40-38(44)27-13-10-14-28(24-27)39-41-37(42-45-39)26-12-11-17-30(25-26)43-34-21-7-4-18-31(34)32-19-5-8-22-35(32)43;1-5-13-33-29(9-1)30-10-2-6-14-34(30)41(33)27-21-17-25(18-22-27)37-39-38(43-40-37)26-19-23-28(24-20-26)42-35-15-7-3-11-31(35)32-12-4-8-16-36(32)42/h1-25H;1-24H. The topological polar surface area (TPSA) is 84.2 Å². The number of hydrogen-bond donors (Lipinski definition) is 0. The van der Waals surface area contributed by atoms with Gasteiger partial charge in [0.15, 0.2) is 11.6 Å². The van der Waals surface area contributed by atoms with Crippen LogP contribution in [0.15, 0.2) is 297 Å². The van der Waals surface area contributed by atoms with Crippen LogP contribution in [0.3, 0.4) is 0 Å². The van der Waals surface area contributed by atoms with Gasteiger partial charge in [-0.25, -0.2) is 15.0 Å². The number of rotatable bonds is 9. The van der Waals surface area contributed by atoms with Gasteiger partial charge in [-0.3, -0.25) is 4.57 Å². The molecule has 0 saturated carbocycles. The zero-order chi connectivity index (χ0) is 58.1. The number of hydrogen-bond acceptors (Lipinski definition) is 7. The predicted octanol–water partition coefficient (Wildman–Crippen LogP) is 20.0. The van der Waals surface area contributed by atoms with Crippen molar-refractivity contribution >= 4 is 99.5 Å². The number of fused-ring (bicyclic) bond motifs is 10. The molecular weight excluding hydrogens is 1120 g/mol. The van der Waals surface area contributed by atoms with Gasteiger partial charge in [0, 0.05) is 82.9 Å². The van der Waals surface area contributed by atoms with Crippen LogP contribution in [0.1, 0.15) is 0 Å². The van der Waals surface area contributed by atoms with Gasteiger partial charge in [-0.15, -0.1) is 0 Å². The van der Waals surface area contributed by atoms with E-state index >= 15 is 0 Å². The van der Waals surface area contributed by atoms with E-state index in [9.17, 15) is 0 Å². The fraction of sp³-hybridized carbons (Fsp3) is 0. The number of para-hydroxylation sites is 9.